The Morgan fingerprint density at radius 2 is 0.328 bits per heavy atom. The van der Waals surface area contributed by atoms with Crippen LogP contribution in [0.3, 0.4) is 0 Å². The van der Waals surface area contributed by atoms with Gasteiger partial charge in [0, 0.05) is 32.7 Å². The van der Waals surface area contributed by atoms with E-state index in [9.17, 15) is 14.4 Å². The van der Waals surface area contributed by atoms with Gasteiger partial charge in [0.25, 0.3) is 0 Å². The highest BCUT2D eigenvalue weighted by atomic mass is 28.6. The predicted octanol–water partition coefficient (Wildman–Crippen LogP) is 5.38. The van der Waals surface area contributed by atoms with E-state index in [4.69, 9.17) is 70.0 Å². The van der Waals surface area contributed by atoms with E-state index in [0.717, 1.165) is 0 Å². The molecule has 64 heavy (non-hydrogen) atoms. The van der Waals surface area contributed by atoms with Gasteiger partial charge in [-0.2, -0.15) is 0 Å². The maximum Gasteiger partial charge on any atom is 0.478 e. The Morgan fingerprint density at radius 1 is 0.203 bits per heavy atom. The molecule has 20 nitrogen and oxygen atoms in total. The Balaban J connectivity index is 0.000000524. The van der Waals surface area contributed by atoms with Crippen molar-refractivity contribution < 1.29 is 84.3 Å². The first-order chi connectivity index (χ1) is 27.0. The van der Waals surface area contributed by atoms with Crippen LogP contribution in [0.4, 0.5) is 0 Å². The average molecular weight is 1210 g/mol. The van der Waals surface area contributed by atoms with Crippen molar-refractivity contribution in [3.63, 3.8) is 0 Å². The van der Waals surface area contributed by atoms with Crippen molar-refractivity contribution in [1.82, 2.24) is 0 Å². The van der Waals surface area contributed by atoms with Gasteiger partial charge in [0.1, 0.15) is 0 Å². The van der Waals surface area contributed by atoms with Crippen LogP contribution < -0.4 is 0 Å². The molecule has 0 aromatic carbocycles. The van der Waals surface area contributed by atoms with E-state index in [0.29, 0.717) is 0 Å². The zero-order chi connectivity index (χ0) is 50.0. The molecule has 0 radical (unpaired) electrons. The number of rotatable bonds is 2. The maximum absolute atomic E-state index is 10.1. The monoisotopic (exact) mass is 1210 g/mol. The molecule has 4 heterocycles. The third kappa shape index (κ3) is 24.1. The Bertz CT molecular complexity index is 1280. The van der Waals surface area contributed by atoms with Gasteiger partial charge in [-0.05, 0) is 155 Å². The summed E-state index contributed by atoms with van der Waals surface area (Å²) < 4.78 is 104. The van der Waals surface area contributed by atoms with Crippen LogP contribution in [0.5, 0.6) is 0 Å². The van der Waals surface area contributed by atoms with Crippen molar-refractivity contribution >= 4 is 149 Å². The summed E-state index contributed by atoms with van der Waals surface area (Å²) >= 11 is 0. The van der Waals surface area contributed by atoms with Gasteiger partial charge in [0.15, 0.2) is 0 Å². The lowest BCUT2D eigenvalue weighted by Gasteiger charge is -2.51. The maximum atomic E-state index is 10.1. The second kappa shape index (κ2) is 20.7. The topological polar surface area (TPSA) is 218 Å². The normalized spacial score (nSPS) is 34.6. The first kappa shape index (κ1) is 64.9. The molecule has 0 saturated carbocycles. The summed E-state index contributed by atoms with van der Waals surface area (Å²) in [6, 6.07) is 0. The van der Waals surface area contributed by atoms with Crippen LogP contribution in [0.2, 0.25) is 177 Å². The van der Waals surface area contributed by atoms with E-state index in [1.54, 1.807) is 6.55 Å². The molecule has 4 aliphatic rings. The molecular weight excluding hydrogens is 1120 g/mol. The Labute approximate surface area is 407 Å². The molecule has 0 aromatic rings. The second-order valence-electron chi connectivity index (χ2n) is 21.6. The fourth-order valence-electron chi connectivity index (χ4n) is 8.86. The molecule has 0 spiro atoms. The van der Waals surface area contributed by atoms with Gasteiger partial charge in [0.2, 0.25) is 0 Å². The Hall–Kier alpha value is 2.89. The van der Waals surface area contributed by atoms with Gasteiger partial charge >= 0.3 is 138 Å². The largest absolute Gasteiger partial charge is 0.478 e. The molecule has 0 aromatic heterocycles. The summed E-state index contributed by atoms with van der Waals surface area (Å²) in [6.45, 7) is 51.5. The number of hydrogen-bond donors (Lipinski definition) is 3. The zero-order valence-corrected chi connectivity index (χ0v) is 59.3. The predicted molar refractivity (Wildman–Crippen MR) is 287 cm³/mol. The lowest BCUT2D eigenvalue weighted by atomic mass is 11.9. The van der Waals surface area contributed by atoms with E-state index >= 15 is 0 Å². The highest BCUT2D eigenvalue weighted by molar-refractivity contribution is 6.97. The van der Waals surface area contributed by atoms with Crippen molar-refractivity contribution in [2.75, 3.05) is 0 Å². The highest BCUT2D eigenvalue weighted by Crippen LogP contribution is 2.37. The van der Waals surface area contributed by atoms with Crippen LogP contribution >= 0.6 is 0 Å². The van der Waals surface area contributed by atoms with Crippen LogP contribution in [-0.4, -0.2) is 164 Å². The van der Waals surface area contributed by atoms with Gasteiger partial charge in [-0.25, -0.2) is 0 Å². The molecule has 4 rings (SSSR count). The molecule has 37 heteroatoms. The molecule has 2 unspecified atom stereocenters. The van der Waals surface area contributed by atoms with Crippen LogP contribution in [-0.2, 0) is 70.0 Å². The lowest BCUT2D eigenvalue weighted by Crippen LogP contribution is -2.72. The van der Waals surface area contributed by atoms with Gasteiger partial charge in [-0.1, -0.05) is 0 Å². The molecule has 4 fully saturated rings. The molecule has 384 valence electrons. The van der Waals surface area contributed by atoms with E-state index < -0.39 is 138 Å². The number of hydrogen-bond acceptors (Lipinski definition) is 20. The van der Waals surface area contributed by atoms with Crippen LogP contribution in [0, 0.1) is 0 Å². The fourth-order valence-corrected chi connectivity index (χ4v) is 87.2. The minimum Gasteiger partial charge on any atom is -0.416 e. The third-order valence-electron chi connectivity index (χ3n) is 7.66. The van der Waals surface area contributed by atoms with Gasteiger partial charge in [0.05, 0.1) is 0 Å². The SMILES string of the molecule is C[Si]1(C)O[Si](C)(C)O[Si](C)(O)O[Si](C)(C)O1.C[Si]1(C)O[Si](C)(C)O[Si](C)(O)O[Si](C)(O)O1.C[Si]1(C)O[Si](C)(C)O[Si](C)(O[Si]2(C)O[Si](C)(C)O[Si](C)(C)O[Si](C)(C)O2)O[Si](C)(C)O1.[SiH4]. The summed E-state index contributed by atoms with van der Waals surface area (Å²) in [5, 5.41) is 0. The standard InChI is InChI=1S/C14H42O9Si8.C7H22O5Si4.C6H20O6Si4.H4Si/c1-24(2)15-26(5,6)19-30(13,20-27(7,8)16-24)23-31(14)21-28(9,10)17-25(3,4)18-29(11,12)22-31;1-13(2)9-14(3,4)11-16(7,8)12-15(5,6)10-13;1-13(2)9-14(3,4)11-16(6,8)12-15(5,7)10-13;/h1-14H3;8H,1-7H3;7-8H,1-6H3;1H4. The first-order valence-electron chi connectivity index (χ1n) is 21.1. The van der Waals surface area contributed by atoms with Crippen molar-refractivity contribution in [3.05, 3.63) is 0 Å². The average Bonchev–Trinajstić information content (AvgIpc) is 2.74. The van der Waals surface area contributed by atoms with Crippen molar-refractivity contribution in [1.29, 1.82) is 0 Å². The van der Waals surface area contributed by atoms with Crippen molar-refractivity contribution in [2.24, 2.45) is 0 Å². The Kier molecular flexibility index (Phi) is 20.9. The molecule has 4 saturated heterocycles. The molecule has 0 aliphatic carbocycles. The van der Waals surface area contributed by atoms with Crippen molar-refractivity contribution in [3.8, 4) is 0 Å². The first-order valence-corrected chi connectivity index (χ1v) is 63.3. The Morgan fingerprint density at radius 3 is 0.500 bits per heavy atom. The molecule has 0 bridgehead atoms. The molecule has 2 atom stereocenters. The summed E-state index contributed by atoms with van der Waals surface area (Å²) in [7, 11) is -43.4. The summed E-state index contributed by atoms with van der Waals surface area (Å²) in [4.78, 5) is 30.1. The van der Waals surface area contributed by atoms with E-state index in [1.807, 2.05) is 157 Å². The van der Waals surface area contributed by atoms with E-state index in [1.165, 1.54) is 13.1 Å². The smallest absolute Gasteiger partial charge is 0.416 e. The summed E-state index contributed by atoms with van der Waals surface area (Å²) in [5.74, 6) is 0. The quantitative estimate of drug-likeness (QED) is 0.296. The zero-order valence-electron chi connectivity index (χ0n) is 43.3. The summed E-state index contributed by atoms with van der Waals surface area (Å²) in [6.07, 6.45) is 0. The molecule has 3 N–H and O–H groups in total. The van der Waals surface area contributed by atoms with E-state index in [-0.39, 0.29) is 11.0 Å². The van der Waals surface area contributed by atoms with Gasteiger partial charge in [-0.15, -0.1) is 0 Å². The van der Waals surface area contributed by atoms with Gasteiger partial charge < -0.3 is 84.3 Å². The minimum absolute atomic E-state index is 0. The van der Waals surface area contributed by atoms with E-state index in [2.05, 4.69) is 0 Å². The molecular formula is C27H88O20Si17. The third-order valence-corrected chi connectivity index (χ3v) is 68.9. The second-order valence-corrected chi connectivity index (χ2v) is 75.1. The highest BCUT2D eigenvalue weighted by Gasteiger charge is 2.62. The lowest BCUT2D eigenvalue weighted by molar-refractivity contribution is 0.126. The minimum atomic E-state index is -3.36. The van der Waals surface area contributed by atoms with Gasteiger partial charge in [-0.3, -0.25) is 0 Å². The van der Waals surface area contributed by atoms with Crippen LogP contribution in [0.15, 0.2) is 0 Å². The van der Waals surface area contributed by atoms with Crippen LogP contribution in [0.25, 0.3) is 0 Å². The van der Waals surface area contributed by atoms with Crippen molar-refractivity contribution in [2.45, 2.75) is 177 Å². The molecule has 4 aliphatic heterocycles. The fraction of sp³-hybridized carbons (Fsp3) is 1.00. The summed E-state index contributed by atoms with van der Waals surface area (Å²) in [5.41, 5.74) is 0. The van der Waals surface area contributed by atoms with Crippen LogP contribution in [0.1, 0.15) is 0 Å². The molecule has 0 amide bonds.